The minimum absolute atomic E-state index is 0.143. The number of esters is 1. The van der Waals surface area contributed by atoms with Gasteiger partial charge >= 0.3 is 5.97 Å². The molecule has 0 unspecified atom stereocenters. The van der Waals surface area contributed by atoms with Crippen molar-refractivity contribution in [2.45, 2.75) is 6.92 Å². The van der Waals surface area contributed by atoms with E-state index >= 15 is 0 Å². The average molecular weight is 246 g/mol. The van der Waals surface area contributed by atoms with Crippen molar-refractivity contribution in [3.05, 3.63) is 40.3 Å². The van der Waals surface area contributed by atoms with Crippen LogP contribution in [-0.4, -0.2) is 28.3 Å². The standard InChI is InChI=1S/C12H10N2O4/c1-2-18-12(17)11(16)7-3-4-8-9(5-7)13-6-10(15)14-8/h3-6H,2H2,1H3,(H,14,15). The first-order valence-electron chi connectivity index (χ1n) is 5.32. The number of aromatic nitrogens is 2. The number of nitrogens with zero attached hydrogens (tertiary/aromatic N) is 1. The lowest BCUT2D eigenvalue weighted by Gasteiger charge is -2.02. The first-order valence-corrected chi connectivity index (χ1v) is 5.32. The van der Waals surface area contributed by atoms with Crippen molar-refractivity contribution in [2.24, 2.45) is 0 Å². The van der Waals surface area contributed by atoms with E-state index in [4.69, 9.17) is 0 Å². The molecule has 0 aliphatic carbocycles. The second-order valence-electron chi connectivity index (χ2n) is 3.53. The normalized spacial score (nSPS) is 10.3. The van der Waals surface area contributed by atoms with Crippen molar-refractivity contribution in [3.63, 3.8) is 0 Å². The number of nitrogens with one attached hydrogen (secondary N) is 1. The van der Waals surface area contributed by atoms with E-state index in [-0.39, 0.29) is 17.7 Å². The summed E-state index contributed by atoms with van der Waals surface area (Å²) in [4.78, 5) is 40.4. The molecule has 0 saturated carbocycles. The highest BCUT2D eigenvalue weighted by Gasteiger charge is 2.17. The lowest BCUT2D eigenvalue weighted by Crippen LogP contribution is -2.17. The predicted molar refractivity (Wildman–Crippen MR) is 63.3 cm³/mol. The summed E-state index contributed by atoms with van der Waals surface area (Å²) in [7, 11) is 0. The minimum Gasteiger partial charge on any atom is -0.460 e. The third-order valence-corrected chi connectivity index (χ3v) is 2.30. The largest absolute Gasteiger partial charge is 0.460 e. The monoisotopic (exact) mass is 246 g/mol. The van der Waals surface area contributed by atoms with Crippen LogP contribution in [0.3, 0.4) is 0 Å². The third-order valence-electron chi connectivity index (χ3n) is 2.30. The van der Waals surface area contributed by atoms with E-state index in [0.29, 0.717) is 11.0 Å². The van der Waals surface area contributed by atoms with E-state index in [1.807, 2.05) is 0 Å². The zero-order valence-electron chi connectivity index (χ0n) is 9.60. The Morgan fingerprint density at radius 1 is 1.39 bits per heavy atom. The summed E-state index contributed by atoms with van der Waals surface area (Å²) in [5.74, 6) is -1.63. The maximum absolute atomic E-state index is 11.7. The molecule has 0 amide bonds. The van der Waals surface area contributed by atoms with Crippen LogP contribution >= 0.6 is 0 Å². The van der Waals surface area contributed by atoms with Crippen molar-refractivity contribution in [2.75, 3.05) is 6.61 Å². The Morgan fingerprint density at radius 2 is 2.17 bits per heavy atom. The Morgan fingerprint density at radius 3 is 2.89 bits per heavy atom. The van der Waals surface area contributed by atoms with Crippen molar-refractivity contribution in [3.8, 4) is 0 Å². The van der Waals surface area contributed by atoms with Gasteiger partial charge < -0.3 is 9.72 Å². The van der Waals surface area contributed by atoms with Crippen LogP contribution in [0.5, 0.6) is 0 Å². The van der Waals surface area contributed by atoms with Gasteiger partial charge in [-0.3, -0.25) is 9.59 Å². The molecule has 1 heterocycles. The number of benzene rings is 1. The molecule has 1 N–H and O–H groups in total. The van der Waals surface area contributed by atoms with Crippen molar-refractivity contribution in [1.29, 1.82) is 0 Å². The molecule has 0 atom stereocenters. The molecular weight excluding hydrogens is 236 g/mol. The van der Waals surface area contributed by atoms with Gasteiger partial charge in [0.15, 0.2) is 0 Å². The highest BCUT2D eigenvalue weighted by Crippen LogP contribution is 2.11. The molecule has 92 valence electrons. The van der Waals surface area contributed by atoms with E-state index in [1.165, 1.54) is 18.2 Å². The number of hydrogen-bond acceptors (Lipinski definition) is 5. The van der Waals surface area contributed by atoms with Gasteiger partial charge in [0.05, 0.1) is 23.8 Å². The number of carbonyl (C=O) groups excluding carboxylic acids is 2. The molecule has 0 radical (unpaired) electrons. The topological polar surface area (TPSA) is 89.1 Å². The number of hydrogen-bond donors (Lipinski definition) is 1. The second-order valence-corrected chi connectivity index (χ2v) is 3.53. The predicted octanol–water partition coefficient (Wildman–Crippen LogP) is 0.669. The highest BCUT2D eigenvalue weighted by atomic mass is 16.5. The molecule has 0 spiro atoms. The number of Topliss-reactive ketones (excluding diaryl/α,β-unsaturated/α-hetero) is 1. The zero-order valence-corrected chi connectivity index (χ0v) is 9.60. The molecular formula is C12H10N2O4. The molecule has 0 fully saturated rings. The van der Waals surface area contributed by atoms with Gasteiger partial charge in [-0.1, -0.05) is 0 Å². The SMILES string of the molecule is CCOC(=O)C(=O)c1ccc2[nH]c(=O)cnc2c1. The van der Waals surface area contributed by atoms with E-state index in [9.17, 15) is 14.4 Å². The maximum atomic E-state index is 11.7. The summed E-state index contributed by atoms with van der Waals surface area (Å²) in [5.41, 5.74) is 0.792. The Bertz CT molecular complexity index is 675. The number of carbonyl (C=O) groups is 2. The Kier molecular flexibility index (Phi) is 3.18. The highest BCUT2D eigenvalue weighted by molar-refractivity contribution is 6.40. The second kappa shape index (κ2) is 4.79. The maximum Gasteiger partial charge on any atom is 0.379 e. The van der Waals surface area contributed by atoms with Gasteiger partial charge in [-0.25, -0.2) is 9.78 Å². The van der Waals surface area contributed by atoms with Gasteiger partial charge in [0.25, 0.3) is 11.3 Å². The van der Waals surface area contributed by atoms with Crippen molar-refractivity contribution >= 4 is 22.8 Å². The molecule has 0 aliphatic rings. The Labute approximate surface area is 102 Å². The van der Waals surface area contributed by atoms with Crippen LogP contribution in [0.4, 0.5) is 0 Å². The molecule has 2 aromatic rings. The molecule has 18 heavy (non-hydrogen) atoms. The summed E-state index contributed by atoms with van der Waals surface area (Å²) in [6.07, 6.45) is 1.11. The van der Waals surface area contributed by atoms with Crippen molar-refractivity contribution < 1.29 is 14.3 Å². The fourth-order valence-electron chi connectivity index (χ4n) is 1.49. The summed E-state index contributed by atoms with van der Waals surface area (Å²) in [6.45, 7) is 1.77. The van der Waals surface area contributed by atoms with Gasteiger partial charge in [0.1, 0.15) is 0 Å². The first kappa shape index (κ1) is 12.0. The summed E-state index contributed by atoms with van der Waals surface area (Å²) in [6, 6.07) is 4.40. The minimum atomic E-state index is -0.902. The van der Waals surface area contributed by atoms with Crippen LogP contribution < -0.4 is 5.56 Å². The quantitative estimate of drug-likeness (QED) is 0.488. The molecule has 1 aromatic carbocycles. The fraction of sp³-hybridized carbons (Fsp3) is 0.167. The van der Waals surface area contributed by atoms with Gasteiger partial charge in [-0.15, -0.1) is 0 Å². The number of fused-ring (bicyclic) bond motifs is 1. The van der Waals surface area contributed by atoms with Crippen LogP contribution in [0.1, 0.15) is 17.3 Å². The Balaban J connectivity index is 2.41. The van der Waals surface area contributed by atoms with Crippen LogP contribution in [0, 0.1) is 0 Å². The molecule has 6 heteroatoms. The third kappa shape index (κ3) is 2.27. The van der Waals surface area contributed by atoms with Gasteiger partial charge in [0.2, 0.25) is 0 Å². The van der Waals surface area contributed by atoms with Gasteiger partial charge in [-0.05, 0) is 25.1 Å². The number of aromatic amines is 1. The molecule has 0 saturated heterocycles. The number of ketones is 1. The van der Waals surface area contributed by atoms with Gasteiger partial charge in [-0.2, -0.15) is 0 Å². The van der Waals surface area contributed by atoms with E-state index in [0.717, 1.165) is 6.20 Å². The van der Waals surface area contributed by atoms with Crippen LogP contribution in [-0.2, 0) is 9.53 Å². The molecule has 0 bridgehead atoms. The van der Waals surface area contributed by atoms with E-state index in [2.05, 4.69) is 14.7 Å². The average Bonchev–Trinajstić information content (AvgIpc) is 2.37. The molecule has 1 aromatic heterocycles. The van der Waals surface area contributed by atoms with Crippen LogP contribution in [0.15, 0.2) is 29.2 Å². The summed E-state index contributed by atoms with van der Waals surface area (Å²) in [5, 5.41) is 0. The van der Waals surface area contributed by atoms with Crippen LogP contribution in [0.2, 0.25) is 0 Å². The lowest BCUT2D eigenvalue weighted by molar-refractivity contribution is -0.137. The number of ether oxygens (including phenoxy) is 1. The Hall–Kier alpha value is -2.50. The van der Waals surface area contributed by atoms with Crippen LogP contribution in [0.25, 0.3) is 11.0 Å². The summed E-state index contributed by atoms with van der Waals surface area (Å²) < 4.78 is 4.62. The van der Waals surface area contributed by atoms with E-state index in [1.54, 1.807) is 6.92 Å². The smallest absolute Gasteiger partial charge is 0.379 e. The van der Waals surface area contributed by atoms with Gasteiger partial charge in [0, 0.05) is 5.56 Å². The molecule has 6 nitrogen and oxygen atoms in total. The van der Waals surface area contributed by atoms with E-state index < -0.39 is 11.8 Å². The summed E-state index contributed by atoms with van der Waals surface area (Å²) >= 11 is 0. The number of rotatable bonds is 3. The lowest BCUT2D eigenvalue weighted by atomic mass is 10.1. The molecule has 2 rings (SSSR count). The zero-order chi connectivity index (χ0) is 13.1. The van der Waals surface area contributed by atoms with Crippen molar-refractivity contribution in [1.82, 2.24) is 9.97 Å². The molecule has 0 aliphatic heterocycles. The fourth-order valence-corrected chi connectivity index (χ4v) is 1.49. The first-order chi connectivity index (χ1) is 8.61. The number of H-pyrrole nitrogens is 1.